The summed E-state index contributed by atoms with van der Waals surface area (Å²) in [6, 6.07) is 1.89. The SMILES string of the molecule is CCc1nn2cc(CC(=O)Nc3cc(C4CCC(CC[C@H](C)NC(=O)O)C4)[nH]n3)nc2s1. The maximum absolute atomic E-state index is 12.4. The number of nitrogens with zero attached hydrogens (tertiary/aromatic N) is 4. The molecule has 3 aromatic rings. The lowest BCUT2D eigenvalue weighted by atomic mass is 9.96. The zero-order valence-electron chi connectivity index (χ0n) is 18.3. The van der Waals surface area contributed by atoms with E-state index in [1.807, 2.05) is 13.0 Å². The predicted molar refractivity (Wildman–Crippen MR) is 121 cm³/mol. The maximum Gasteiger partial charge on any atom is 0.404 e. The fraction of sp³-hybridized carbons (Fsp3) is 0.571. The average molecular weight is 460 g/mol. The highest BCUT2D eigenvalue weighted by molar-refractivity contribution is 7.16. The molecule has 172 valence electrons. The molecule has 0 aliphatic heterocycles. The van der Waals surface area contributed by atoms with Crippen LogP contribution < -0.4 is 10.6 Å². The number of carbonyl (C=O) groups is 2. The summed E-state index contributed by atoms with van der Waals surface area (Å²) in [5.74, 6) is 1.34. The van der Waals surface area contributed by atoms with E-state index in [-0.39, 0.29) is 18.4 Å². The Morgan fingerprint density at radius 1 is 1.41 bits per heavy atom. The van der Waals surface area contributed by atoms with Crippen molar-refractivity contribution in [1.82, 2.24) is 30.1 Å². The molecule has 0 saturated heterocycles. The summed E-state index contributed by atoms with van der Waals surface area (Å²) >= 11 is 1.54. The Morgan fingerprint density at radius 3 is 3.00 bits per heavy atom. The van der Waals surface area contributed by atoms with E-state index in [0.717, 1.165) is 54.2 Å². The summed E-state index contributed by atoms with van der Waals surface area (Å²) in [7, 11) is 0. The van der Waals surface area contributed by atoms with Gasteiger partial charge in [0.25, 0.3) is 0 Å². The Labute approximate surface area is 189 Å². The van der Waals surface area contributed by atoms with Gasteiger partial charge < -0.3 is 15.7 Å². The Balaban J connectivity index is 1.25. The van der Waals surface area contributed by atoms with E-state index in [9.17, 15) is 9.59 Å². The van der Waals surface area contributed by atoms with Crippen LogP contribution in [0.4, 0.5) is 10.6 Å². The smallest absolute Gasteiger partial charge is 0.404 e. The Kier molecular flexibility index (Phi) is 6.73. The van der Waals surface area contributed by atoms with Gasteiger partial charge in [-0.1, -0.05) is 18.3 Å². The second kappa shape index (κ2) is 9.68. The summed E-state index contributed by atoms with van der Waals surface area (Å²) in [4.78, 5) is 28.4. The van der Waals surface area contributed by atoms with E-state index < -0.39 is 6.09 Å². The Bertz CT molecular complexity index is 1060. The van der Waals surface area contributed by atoms with Crippen molar-refractivity contribution in [3.05, 3.63) is 28.7 Å². The summed E-state index contributed by atoms with van der Waals surface area (Å²) < 4.78 is 1.73. The number of aromatic nitrogens is 5. The largest absolute Gasteiger partial charge is 0.465 e. The highest BCUT2D eigenvalue weighted by atomic mass is 32.1. The molecule has 3 atom stereocenters. The molecule has 0 bridgehead atoms. The van der Waals surface area contributed by atoms with E-state index >= 15 is 0 Å². The highest BCUT2D eigenvalue weighted by Crippen LogP contribution is 2.40. The molecule has 2 unspecified atom stereocenters. The quantitative estimate of drug-likeness (QED) is 0.386. The number of hydrogen-bond donors (Lipinski definition) is 4. The predicted octanol–water partition coefficient (Wildman–Crippen LogP) is 3.58. The highest BCUT2D eigenvalue weighted by Gasteiger charge is 2.27. The van der Waals surface area contributed by atoms with Crippen LogP contribution >= 0.6 is 11.3 Å². The molecule has 1 saturated carbocycles. The molecule has 10 nitrogen and oxygen atoms in total. The van der Waals surface area contributed by atoms with Gasteiger partial charge in [0.05, 0.1) is 18.3 Å². The minimum Gasteiger partial charge on any atom is -0.465 e. The zero-order chi connectivity index (χ0) is 22.7. The molecule has 3 aromatic heterocycles. The molecule has 1 aliphatic rings. The second-order valence-electron chi connectivity index (χ2n) is 8.55. The number of anilines is 1. The number of H-pyrrole nitrogens is 1. The van der Waals surface area contributed by atoms with Crippen LogP contribution in [0.2, 0.25) is 0 Å². The molecule has 11 heteroatoms. The van der Waals surface area contributed by atoms with Crippen molar-refractivity contribution in [3.63, 3.8) is 0 Å². The van der Waals surface area contributed by atoms with Crippen molar-refractivity contribution in [2.75, 3.05) is 5.32 Å². The molecule has 0 spiro atoms. The molecule has 0 aromatic carbocycles. The van der Waals surface area contributed by atoms with Crippen molar-refractivity contribution in [3.8, 4) is 0 Å². The van der Waals surface area contributed by atoms with Gasteiger partial charge in [-0.15, -0.1) is 0 Å². The summed E-state index contributed by atoms with van der Waals surface area (Å²) in [5.41, 5.74) is 1.73. The number of fused-ring (bicyclic) bond motifs is 1. The van der Waals surface area contributed by atoms with Crippen molar-refractivity contribution < 1.29 is 14.7 Å². The van der Waals surface area contributed by atoms with Crippen molar-refractivity contribution in [2.24, 2.45) is 5.92 Å². The number of imidazole rings is 1. The first kappa shape index (κ1) is 22.3. The zero-order valence-corrected chi connectivity index (χ0v) is 19.1. The van der Waals surface area contributed by atoms with Gasteiger partial charge in [-0.3, -0.25) is 9.89 Å². The summed E-state index contributed by atoms with van der Waals surface area (Å²) in [6.07, 6.45) is 6.96. The van der Waals surface area contributed by atoms with E-state index in [2.05, 4.69) is 37.8 Å². The van der Waals surface area contributed by atoms with Crippen LogP contribution in [0.5, 0.6) is 0 Å². The van der Waals surface area contributed by atoms with Gasteiger partial charge in [0, 0.05) is 23.7 Å². The molecule has 32 heavy (non-hydrogen) atoms. The van der Waals surface area contributed by atoms with Gasteiger partial charge in [-0.25, -0.2) is 14.3 Å². The minimum atomic E-state index is -0.969. The van der Waals surface area contributed by atoms with Crippen LogP contribution in [0.25, 0.3) is 4.96 Å². The third-order valence-electron chi connectivity index (χ3n) is 6.00. The first-order valence-electron chi connectivity index (χ1n) is 11.1. The molecule has 2 amide bonds. The number of aryl methyl sites for hydroxylation is 1. The molecule has 1 aliphatic carbocycles. The third kappa shape index (κ3) is 5.45. The fourth-order valence-corrected chi connectivity index (χ4v) is 5.20. The van der Waals surface area contributed by atoms with Crippen LogP contribution in [0.1, 0.15) is 68.3 Å². The summed E-state index contributed by atoms with van der Waals surface area (Å²) in [6.45, 7) is 3.95. The average Bonchev–Trinajstić information content (AvgIpc) is 3.49. The monoisotopic (exact) mass is 459 g/mol. The Hall–Kier alpha value is -2.95. The molecule has 1 fully saturated rings. The van der Waals surface area contributed by atoms with E-state index in [4.69, 9.17) is 5.11 Å². The normalized spacial score (nSPS) is 19.3. The van der Waals surface area contributed by atoms with E-state index in [0.29, 0.717) is 23.3 Å². The fourth-order valence-electron chi connectivity index (χ4n) is 4.36. The number of carboxylic acid groups (broad SMARTS) is 1. The van der Waals surface area contributed by atoms with Crippen molar-refractivity contribution in [1.29, 1.82) is 0 Å². The molecule has 0 radical (unpaired) electrons. The number of nitrogens with one attached hydrogen (secondary N) is 3. The second-order valence-corrected chi connectivity index (χ2v) is 9.59. The van der Waals surface area contributed by atoms with Crippen LogP contribution in [-0.2, 0) is 17.6 Å². The summed E-state index contributed by atoms with van der Waals surface area (Å²) in [5, 5.41) is 26.9. The molecule has 4 rings (SSSR count). The lowest BCUT2D eigenvalue weighted by Gasteiger charge is -2.14. The Morgan fingerprint density at radius 2 is 2.25 bits per heavy atom. The third-order valence-corrected chi connectivity index (χ3v) is 7.07. The number of rotatable bonds is 9. The van der Waals surface area contributed by atoms with Crippen LogP contribution in [0, 0.1) is 5.92 Å². The first-order valence-corrected chi connectivity index (χ1v) is 11.9. The first-order chi connectivity index (χ1) is 15.4. The van der Waals surface area contributed by atoms with Crippen LogP contribution in [-0.4, -0.2) is 47.9 Å². The van der Waals surface area contributed by atoms with Gasteiger partial charge >= 0.3 is 6.09 Å². The van der Waals surface area contributed by atoms with E-state index in [1.165, 1.54) is 11.3 Å². The van der Waals surface area contributed by atoms with Crippen molar-refractivity contribution >= 4 is 34.1 Å². The minimum absolute atomic E-state index is 0.0314. The molecule has 3 heterocycles. The van der Waals surface area contributed by atoms with Gasteiger partial charge in [0.15, 0.2) is 5.82 Å². The van der Waals surface area contributed by atoms with Gasteiger partial charge in [-0.05, 0) is 51.4 Å². The van der Waals surface area contributed by atoms with Gasteiger partial charge in [0.2, 0.25) is 10.9 Å². The lowest BCUT2D eigenvalue weighted by Crippen LogP contribution is -2.31. The standard InChI is InChI=1S/C21H29N7O3S/c1-3-19-27-28-11-15(23-20(28)32-19)9-18(29)24-17-10-16(25-26-17)14-7-6-13(8-14)5-4-12(2)22-21(30)31/h10-14,22H,3-9H2,1-2H3,(H,30,31)(H2,24,25,26,29)/t12-,13?,14?/m0/s1. The van der Waals surface area contributed by atoms with Crippen LogP contribution in [0.15, 0.2) is 12.3 Å². The maximum atomic E-state index is 12.4. The number of amides is 2. The van der Waals surface area contributed by atoms with Crippen molar-refractivity contribution in [2.45, 2.75) is 70.8 Å². The lowest BCUT2D eigenvalue weighted by molar-refractivity contribution is -0.115. The molecular formula is C21H29N7O3S. The van der Waals surface area contributed by atoms with E-state index in [1.54, 1.807) is 10.7 Å². The number of hydrogen-bond acceptors (Lipinski definition) is 6. The van der Waals surface area contributed by atoms with Gasteiger partial charge in [0.1, 0.15) is 5.01 Å². The van der Waals surface area contributed by atoms with Crippen LogP contribution in [0.3, 0.4) is 0 Å². The molecular weight excluding hydrogens is 430 g/mol. The number of aromatic amines is 1. The topological polar surface area (TPSA) is 137 Å². The van der Waals surface area contributed by atoms with Gasteiger partial charge in [-0.2, -0.15) is 10.2 Å². The molecule has 4 N–H and O–H groups in total. The number of carbonyl (C=O) groups excluding carboxylic acids is 1.